The number of benzene rings is 1. The fraction of sp³-hybridized carbons (Fsp3) is 0.188. The van der Waals surface area contributed by atoms with Gasteiger partial charge in [-0.3, -0.25) is 4.68 Å². The van der Waals surface area contributed by atoms with E-state index in [0.717, 1.165) is 12.1 Å². The van der Waals surface area contributed by atoms with E-state index in [0.29, 0.717) is 39.5 Å². The summed E-state index contributed by atoms with van der Waals surface area (Å²) >= 11 is 6.04. The highest BCUT2D eigenvalue weighted by Crippen LogP contribution is 2.31. The molecule has 0 spiro atoms. The Bertz CT molecular complexity index is 1100. The lowest BCUT2D eigenvalue weighted by molar-refractivity contribution is -0.137. The van der Waals surface area contributed by atoms with E-state index in [-0.39, 0.29) is 0 Å². The Morgan fingerprint density at radius 3 is 2.68 bits per heavy atom. The number of hydrogen-bond acceptors (Lipinski definition) is 3. The summed E-state index contributed by atoms with van der Waals surface area (Å²) in [4.78, 5) is 8.33. The van der Waals surface area contributed by atoms with E-state index in [1.807, 2.05) is 0 Å². The molecule has 0 aliphatic heterocycles. The first-order valence-corrected chi connectivity index (χ1v) is 7.71. The number of fused-ring (bicyclic) bond motifs is 2. The molecule has 0 bridgehead atoms. The van der Waals surface area contributed by atoms with Gasteiger partial charge in [0, 0.05) is 19.4 Å². The third-order valence-corrected chi connectivity index (χ3v) is 4.34. The number of halogens is 4. The predicted molar refractivity (Wildman–Crippen MR) is 87.4 cm³/mol. The molecule has 4 aromatic rings. The number of hydrogen-bond donors (Lipinski definition) is 0. The van der Waals surface area contributed by atoms with Crippen LogP contribution in [0.2, 0.25) is 5.15 Å². The minimum absolute atomic E-state index is 0.295. The minimum Gasteiger partial charge on any atom is -0.330 e. The summed E-state index contributed by atoms with van der Waals surface area (Å²) in [5, 5.41) is 5.46. The van der Waals surface area contributed by atoms with E-state index >= 15 is 0 Å². The predicted octanol–water partition coefficient (Wildman–Crippen LogP) is 4.04. The Balaban J connectivity index is 1.75. The van der Waals surface area contributed by atoms with Crippen molar-refractivity contribution in [1.82, 2.24) is 24.3 Å². The largest absolute Gasteiger partial charge is 0.416 e. The first-order valence-electron chi connectivity index (χ1n) is 7.33. The Morgan fingerprint density at radius 1 is 1.16 bits per heavy atom. The van der Waals surface area contributed by atoms with Gasteiger partial charge in [-0.05, 0) is 24.3 Å². The number of pyridine rings is 1. The number of rotatable bonds is 2. The second-order valence-electron chi connectivity index (χ2n) is 5.65. The zero-order chi connectivity index (χ0) is 17.8. The molecular weight excluding hydrogens is 355 g/mol. The summed E-state index contributed by atoms with van der Waals surface area (Å²) in [5.41, 5.74) is 0.897. The number of nitrogens with zero attached hydrogens (tertiary/aromatic N) is 5. The van der Waals surface area contributed by atoms with Crippen molar-refractivity contribution < 1.29 is 13.2 Å². The molecule has 0 saturated carbocycles. The molecule has 0 radical (unpaired) electrons. The number of aromatic nitrogens is 5. The van der Waals surface area contributed by atoms with Gasteiger partial charge in [-0.15, -0.1) is 0 Å². The smallest absolute Gasteiger partial charge is 0.330 e. The molecule has 5 nitrogen and oxygen atoms in total. The fourth-order valence-electron chi connectivity index (χ4n) is 2.75. The van der Waals surface area contributed by atoms with Crippen LogP contribution in [-0.2, 0) is 19.8 Å². The second kappa shape index (κ2) is 5.45. The van der Waals surface area contributed by atoms with Crippen LogP contribution in [0.1, 0.15) is 11.4 Å². The monoisotopic (exact) mass is 365 g/mol. The third kappa shape index (κ3) is 2.72. The van der Waals surface area contributed by atoms with Gasteiger partial charge in [0.2, 0.25) is 0 Å². The maximum atomic E-state index is 12.9. The highest BCUT2D eigenvalue weighted by atomic mass is 35.5. The topological polar surface area (TPSA) is 48.5 Å². The van der Waals surface area contributed by atoms with E-state index < -0.39 is 11.7 Å². The van der Waals surface area contributed by atoms with Gasteiger partial charge in [-0.1, -0.05) is 11.6 Å². The molecule has 0 unspecified atom stereocenters. The van der Waals surface area contributed by atoms with Gasteiger partial charge in [-0.25, -0.2) is 9.97 Å². The van der Waals surface area contributed by atoms with E-state index in [1.165, 1.54) is 6.07 Å². The average Bonchev–Trinajstić information content (AvgIpc) is 3.09. The van der Waals surface area contributed by atoms with Crippen LogP contribution in [0.4, 0.5) is 13.2 Å². The van der Waals surface area contributed by atoms with Crippen LogP contribution >= 0.6 is 11.6 Å². The normalized spacial score (nSPS) is 12.4. The van der Waals surface area contributed by atoms with E-state index in [1.54, 1.807) is 34.8 Å². The quantitative estimate of drug-likeness (QED) is 0.504. The second-order valence-corrected chi connectivity index (χ2v) is 6.01. The van der Waals surface area contributed by atoms with Crippen LogP contribution in [-0.4, -0.2) is 24.3 Å². The van der Waals surface area contributed by atoms with Crippen molar-refractivity contribution in [2.24, 2.45) is 7.05 Å². The molecule has 1 aromatic carbocycles. The fourth-order valence-corrected chi connectivity index (χ4v) is 2.96. The van der Waals surface area contributed by atoms with Crippen molar-refractivity contribution >= 4 is 33.5 Å². The van der Waals surface area contributed by atoms with Crippen LogP contribution in [0.15, 0.2) is 36.7 Å². The molecule has 0 aliphatic carbocycles. The molecule has 3 heterocycles. The van der Waals surface area contributed by atoms with Crippen LogP contribution in [0.3, 0.4) is 0 Å². The molecule has 0 fully saturated rings. The Labute approximate surface area is 144 Å². The number of aryl methyl sites for hydroxylation is 1. The molecule has 9 heteroatoms. The molecule has 0 saturated heterocycles. The van der Waals surface area contributed by atoms with Gasteiger partial charge in [0.05, 0.1) is 34.0 Å². The van der Waals surface area contributed by atoms with Gasteiger partial charge >= 0.3 is 6.18 Å². The van der Waals surface area contributed by atoms with Crippen LogP contribution in [0.5, 0.6) is 0 Å². The molecule has 0 atom stereocenters. The first kappa shape index (κ1) is 15.9. The summed E-state index contributed by atoms with van der Waals surface area (Å²) in [7, 11) is 1.76. The van der Waals surface area contributed by atoms with Crippen molar-refractivity contribution in [2.45, 2.75) is 12.7 Å². The number of imidazole rings is 1. The van der Waals surface area contributed by atoms with Crippen molar-refractivity contribution in [3.05, 3.63) is 53.2 Å². The van der Waals surface area contributed by atoms with Crippen molar-refractivity contribution in [3.63, 3.8) is 0 Å². The highest BCUT2D eigenvalue weighted by Gasteiger charge is 2.31. The standard InChI is InChI=1S/C16H11ClF3N5/c1-24-13-3-2-9(16(18,19)20)6-12(13)22-14(24)8-25-7-10-11(23-25)4-5-21-15(10)17/h2-7H,8H2,1H3. The maximum Gasteiger partial charge on any atom is 0.416 e. The van der Waals surface area contributed by atoms with Gasteiger partial charge < -0.3 is 4.57 Å². The van der Waals surface area contributed by atoms with Crippen LogP contribution in [0, 0.1) is 0 Å². The molecule has 0 N–H and O–H groups in total. The molecule has 4 rings (SSSR count). The lowest BCUT2D eigenvalue weighted by Gasteiger charge is -2.06. The summed E-state index contributed by atoms with van der Waals surface area (Å²) in [6.45, 7) is 0.303. The van der Waals surface area contributed by atoms with Gasteiger partial charge in [0.25, 0.3) is 0 Å². The summed E-state index contributed by atoms with van der Waals surface area (Å²) in [6.07, 6.45) is -1.09. The van der Waals surface area contributed by atoms with E-state index in [4.69, 9.17) is 11.6 Å². The van der Waals surface area contributed by atoms with Gasteiger partial charge in [0.1, 0.15) is 11.0 Å². The molecule has 128 valence electrons. The third-order valence-electron chi connectivity index (χ3n) is 4.04. The first-order chi connectivity index (χ1) is 11.8. The van der Waals surface area contributed by atoms with Gasteiger partial charge in [0.15, 0.2) is 0 Å². The van der Waals surface area contributed by atoms with Crippen LogP contribution < -0.4 is 0 Å². The minimum atomic E-state index is -4.39. The van der Waals surface area contributed by atoms with Gasteiger partial charge in [-0.2, -0.15) is 18.3 Å². The van der Waals surface area contributed by atoms with E-state index in [9.17, 15) is 13.2 Å². The Morgan fingerprint density at radius 2 is 1.96 bits per heavy atom. The molecule has 25 heavy (non-hydrogen) atoms. The summed E-state index contributed by atoms with van der Waals surface area (Å²) in [6, 6.07) is 5.28. The lowest BCUT2D eigenvalue weighted by atomic mass is 10.2. The Kier molecular flexibility index (Phi) is 3.47. The maximum absolute atomic E-state index is 12.9. The van der Waals surface area contributed by atoms with E-state index in [2.05, 4.69) is 15.1 Å². The van der Waals surface area contributed by atoms with Crippen LogP contribution in [0.25, 0.3) is 21.9 Å². The SMILES string of the molecule is Cn1c(Cn2cc3c(Cl)nccc3n2)nc2cc(C(F)(F)F)ccc21. The highest BCUT2D eigenvalue weighted by molar-refractivity contribution is 6.34. The molecular formula is C16H11ClF3N5. The van der Waals surface area contributed by atoms with Crippen molar-refractivity contribution in [1.29, 1.82) is 0 Å². The average molecular weight is 366 g/mol. The van der Waals surface area contributed by atoms with Crippen molar-refractivity contribution in [3.8, 4) is 0 Å². The Hall–Kier alpha value is -2.61. The van der Waals surface area contributed by atoms with Crippen molar-refractivity contribution in [2.75, 3.05) is 0 Å². The summed E-state index contributed by atoms with van der Waals surface area (Å²) < 4.78 is 42.0. The number of alkyl halides is 3. The zero-order valence-electron chi connectivity index (χ0n) is 12.9. The molecule has 0 aliphatic rings. The lowest BCUT2D eigenvalue weighted by Crippen LogP contribution is -2.06. The summed E-state index contributed by atoms with van der Waals surface area (Å²) in [5.74, 6) is 0.589. The zero-order valence-corrected chi connectivity index (χ0v) is 13.7. The molecule has 0 amide bonds. The molecule has 3 aromatic heterocycles.